The minimum atomic E-state index is -2.12. The van der Waals surface area contributed by atoms with Crippen LogP contribution in [0.5, 0.6) is 0 Å². The minimum Gasteiger partial charge on any atom is -0.444 e. The summed E-state index contributed by atoms with van der Waals surface area (Å²) in [7, 11) is 0. The van der Waals surface area contributed by atoms with Gasteiger partial charge in [-0.1, -0.05) is 40.2 Å². The fourth-order valence-corrected chi connectivity index (χ4v) is 28.5. The fraction of sp³-hybridized carbons (Fsp3) is 0.615. The van der Waals surface area contributed by atoms with E-state index in [9.17, 15) is 9.59 Å². The van der Waals surface area contributed by atoms with Crippen LogP contribution >= 0.6 is 38.6 Å². The van der Waals surface area contributed by atoms with Crippen LogP contribution in [0.1, 0.15) is 123 Å². The van der Waals surface area contributed by atoms with Gasteiger partial charge in [0, 0.05) is 87.1 Å². The monoisotopic (exact) mass is 1120 g/mol. The Balaban J connectivity index is 0.000000220. The number of hydrogen-bond donors (Lipinski definition) is 0. The van der Waals surface area contributed by atoms with E-state index in [1.807, 2.05) is 70.7 Å². The molecule has 2 saturated heterocycles. The van der Waals surface area contributed by atoms with E-state index >= 15 is 0 Å². The summed E-state index contributed by atoms with van der Waals surface area (Å²) in [6, 6.07) is 13.1. The molecule has 0 atom stereocenters. The van der Waals surface area contributed by atoms with Gasteiger partial charge < -0.3 is 19.3 Å². The molecule has 2 aromatic heterocycles. The second-order valence-corrected chi connectivity index (χ2v) is 36.6. The van der Waals surface area contributed by atoms with Crippen LogP contribution < -0.4 is 3.02 Å². The SMILES string of the molecule is CCC[CH2][Sn]([CH2]CCC)([CH2]CCC)[c]1nccs1.Cc1ccc(CN2CCN(C(=O)OC(C)(C)C)CC2)cc1-c1nccs1.Cc1ccc(CN2CCN(C(=O)OC(C)(C)C)CC2)cc1Br. The molecule has 6 rings (SSSR count). The largest absolute Gasteiger partial charge is 0.444 e. The molecule has 0 bridgehead atoms. The van der Waals surface area contributed by atoms with Crippen LogP contribution in [0.15, 0.2) is 64.0 Å². The number of amides is 2. The number of rotatable bonds is 15. The molecule has 2 amide bonds. The topological polar surface area (TPSA) is 91.3 Å². The molecule has 4 heterocycles. The molecule has 2 aromatic carbocycles. The number of aromatic nitrogens is 2. The number of thiazole rings is 2. The summed E-state index contributed by atoms with van der Waals surface area (Å²) in [6.07, 6.45) is 11.8. The third-order valence-electron chi connectivity index (χ3n) is 12.0. The third kappa shape index (κ3) is 19.1. The van der Waals surface area contributed by atoms with Crippen LogP contribution in [0.4, 0.5) is 9.59 Å². The average Bonchev–Trinajstić information content (AvgIpc) is 4.02. The standard InChI is InChI=1S/C20H27N3O2S.C17H25BrN2O2.3C4H9.C3H2NS.Sn/c1-15-5-6-16(13-17(15)18-21-7-12-26-18)14-22-8-10-23(11-9-22)19(24)25-20(2,3)4;1-13-5-6-14(11-15(13)18)12-19-7-9-20(10-8-19)16(21)22-17(2,3)4;3*1-3-4-2;1-2-5-3-4-1;/h5-7,12-13H,8-11,14H2,1-4H3;5-6,11H,7-10,12H2,1-4H3;3*1,3-4H2,2H3;1-2H;. The Morgan fingerprint density at radius 3 is 1.47 bits per heavy atom. The van der Waals surface area contributed by atoms with Crippen molar-refractivity contribution in [2.45, 2.75) is 152 Å². The van der Waals surface area contributed by atoms with Gasteiger partial charge in [0.1, 0.15) is 16.2 Å². The summed E-state index contributed by atoms with van der Waals surface area (Å²) < 4.78 is 18.3. The molecule has 0 radical (unpaired) electrons. The summed E-state index contributed by atoms with van der Waals surface area (Å²) in [5.74, 6) is 0. The summed E-state index contributed by atoms with van der Waals surface area (Å²) in [4.78, 5) is 41.8. The maximum absolute atomic E-state index is 12.2. The molecule has 0 aliphatic carbocycles. The Morgan fingerprint density at radius 2 is 1.08 bits per heavy atom. The first-order valence-corrected chi connectivity index (χ1v) is 34.4. The number of carbonyl (C=O) groups excluding carboxylic acids is 2. The van der Waals surface area contributed by atoms with Crippen molar-refractivity contribution in [2.75, 3.05) is 52.4 Å². The molecule has 0 N–H and O–H groups in total. The van der Waals surface area contributed by atoms with Crippen molar-refractivity contribution in [2.24, 2.45) is 0 Å². The van der Waals surface area contributed by atoms with Crippen LogP contribution in [-0.2, 0) is 22.6 Å². The maximum Gasteiger partial charge on any atom is 0.410 e. The average molecular weight is 1120 g/mol. The molecule has 366 valence electrons. The van der Waals surface area contributed by atoms with E-state index in [0.29, 0.717) is 13.1 Å². The number of unbranched alkanes of at least 4 members (excludes halogenated alkanes) is 3. The van der Waals surface area contributed by atoms with Crippen LogP contribution in [0.25, 0.3) is 10.6 Å². The van der Waals surface area contributed by atoms with E-state index in [2.05, 4.69) is 107 Å². The van der Waals surface area contributed by atoms with Gasteiger partial charge in [0.25, 0.3) is 0 Å². The van der Waals surface area contributed by atoms with Crippen LogP contribution in [0.2, 0.25) is 13.3 Å². The number of benzene rings is 2. The van der Waals surface area contributed by atoms with Gasteiger partial charge in [0.15, 0.2) is 0 Å². The number of nitrogens with zero attached hydrogens (tertiary/aromatic N) is 6. The number of halogens is 1. The van der Waals surface area contributed by atoms with Crippen molar-refractivity contribution in [1.82, 2.24) is 29.6 Å². The molecule has 2 aliphatic rings. The first kappa shape index (κ1) is 56.0. The van der Waals surface area contributed by atoms with E-state index in [4.69, 9.17) is 14.5 Å². The Morgan fingerprint density at radius 1 is 0.636 bits per heavy atom. The van der Waals surface area contributed by atoms with E-state index in [0.717, 1.165) is 61.8 Å². The quantitative estimate of drug-likeness (QED) is 0.109. The summed E-state index contributed by atoms with van der Waals surface area (Å²) >= 11 is 5.09. The van der Waals surface area contributed by atoms with E-state index in [1.165, 1.54) is 66.3 Å². The number of hydrogen-bond acceptors (Lipinski definition) is 10. The third-order valence-corrected chi connectivity index (χ3v) is 32.3. The molecular formula is C52H81BrN6O4S2Sn. The molecule has 2 fully saturated rings. The summed E-state index contributed by atoms with van der Waals surface area (Å²) in [5, 5.41) is 5.28. The second-order valence-electron chi connectivity index (χ2n) is 20.0. The van der Waals surface area contributed by atoms with Crippen molar-refractivity contribution in [3.8, 4) is 10.6 Å². The van der Waals surface area contributed by atoms with Gasteiger partial charge in [-0.3, -0.25) is 9.80 Å². The van der Waals surface area contributed by atoms with Gasteiger partial charge >= 0.3 is 134 Å². The molecular weight excluding hydrogens is 1040 g/mol. The molecule has 4 aromatic rings. The predicted molar refractivity (Wildman–Crippen MR) is 284 cm³/mol. The minimum absolute atomic E-state index is 0.203. The molecule has 66 heavy (non-hydrogen) atoms. The number of ether oxygens (including phenoxy) is 2. The fourth-order valence-electron chi connectivity index (χ4n) is 8.16. The van der Waals surface area contributed by atoms with Crippen LogP contribution in [0, 0.1) is 13.8 Å². The van der Waals surface area contributed by atoms with Gasteiger partial charge in [-0.15, -0.1) is 11.3 Å². The molecule has 10 nitrogen and oxygen atoms in total. The molecule has 0 saturated carbocycles. The number of piperazine rings is 2. The van der Waals surface area contributed by atoms with Gasteiger partial charge in [-0.2, -0.15) is 0 Å². The van der Waals surface area contributed by atoms with Gasteiger partial charge in [-0.05, 0) is 89.8 Å². The Labute approximate surface area is 419 Å². The van der Waals surface area contributed by atoms with E-state index < -0.39 is 29.6 Å². The molecule has 0 unspecified atom stereocenters. The Bertz CT molecular complexity index is 2000. The Kier molecular flexibility index (Phi) is 23.4. The first-order chi connectivity index (χ1) is 31.3. The van der Waals surface area contributed by atoms with Crippen molar-refractivity contribution < 1.29 is 19.1 Å². The Hall–Kier alpha value is -2.56. The molecule has 2 aliphatic heterocycles. The maximum atomic E-state index is 12.2. The zero-order valence-corrected chi connectivity index (χ0v) is 48.3. The zero-order chi connectivity index (χ0) is 48.3. The summed E-state index contributed by atoms with van der Waals surface area (Å²) in [6.45, 7) is 30.8. The first-order valence-electron chi connectivity index (χ1n) is 24.4. The van der Waals surface area contributed by atoms with Crippen LogP contribution in [-0.4, -0.2) is 124 Å². The second kappa shape index (κ2) is 27.6. The molecule has 14 heteroatoms. The van der Waals surface area contributed by atoms with Gasteiger partial charge in [0.05, 0.1) is 0 Å². The predicted octanol–water partition coefficient (Wildman–Crippen LogP) is 13.2. The van der Waals surface area contributed by atoms with Crippen molar-refractivity contribution >= 4 is 72.2 Å². The zero-order valence-electron chi connectivity index (χ0n) is 42.2. The van der Waals surface area contributed by atoms with Crippen molar-refractivity contribution in [3.05, 3.63) is 86.3 Å². The molecule has 0 spiro atoms. The smallest absolute Gasteiger partial charge is 0.410 e. The number of aryl methyl sites for hydroxylation is 2. The normalized spacial score (nSPS) is 15.1. The van der Waals surface area contributed by atoms with Gasteiger partial charge in [-0.25, -0.2) is 14.6 Å². The van der Waals surface area contributed by atoms with Crippen LogP contribution in [0.3, 0.4) is 0 Å². The van der Waals surface area contributed by atoms with Crippen molar-refractivity contribution in [1.29, 1.82) is 0 Å². The summed E-state index contributed by atoms with van der Waals surface area (Å²) in [5.41, 5.74) is 5.42. The van der Waals surface area contributed by atoms with E-state index in [1.54, 1.807) is 37.5 Å². The van der Waals surface area contributed by atoms with Gasteiger partial charge in [0.2, 0.25) is 0 Å². The van der Waals surface area contributed by atoms with E-state index in [-0.39, 0.29) is 12.2 Å². The van der Waals surface area contributed by atoms with Crippen molar-refractivity contribution in [3.63, 3.8) is 0 Å². The number of carbonyl (C=O) groups is 2.